The molecule has 3 heterocycles. The van der Waals surface area contributed by atoms with Crippen LogP contribution in [0.3, 0.4) is 0 Å². The second-order valence-electron chi connectivity index (χ2n) is 4.44. The van der Waals surface area contributed by atoms with Crippen LogP contribution in [0.2, 0.25) is 0 Å². The summed E-state index contributed by atoms with van der Waals surface area (Å²) >= 11 is 3.70. The van der Waals surface area contributed by atoms with E-state index in [1.54, 1.807) is 30.7 Å². The van der Waals surface area contributed by atoms with E-state index in [0.717, 1.165) is 0 Å². The van der Waals surface area contributed by atoms with Crippen molar-refractivity contribution in [2.45, 2.75) is 11.3 Å². The molecule has 0 spiro atoms. The zero-order valence-electron chi connectivity index (χ0n) is 12.9. The summed E-state index contributed by atoms with van der Waals surface area (Å²) in [4.78, 5) is 27.8. The number of ether oxygens (including phenoxy) is 1. The predicted molar refractivity (Wildman–Crippen MR) is 95.0 cm³/mol. The highest BCUT2D eigenvalue weighted by molar-refractivity contribution is 8.01. The van der Waals surface area contributed by atoms with Crippen LogP contribution in [0.25, 0.3) is 10.8 Å². The Morgan fingerprint density at radius 2 is 2.28 bits per heavy atom. The molecule has 0 saturated heterocycles. The fourth-order valence-corrected chi connectivity index (χ4v) is 4.01. The van der Waals surface area contributed by atoms with Crippen molar-refractivity contribution < 1.29 is 18.7 Å². The maximum atomic E-state index is 12.2. The second kappa shape index (κ2) is 8.23. The van der Waals surface area contributed by atoms with E-state index in [4.69, 9.17) is 9.15 Å². The van der Waals surface area contributed by atoms with E-state index in [2.05, 4.69) is 20.5 Å². The Hall–Kier alpha value is -2.24. The van der Waals surface area contributed by atoms with Crippen molar-refractivity contribution in [2.75, 3.05) is 17.7 Å². The van der Waals surface area contributed by atoms with Crippen LogP contribution in [-0.2, 0) is 9.53 Å². The average molecular weight is 396 g/mol. The third kappa shape index (κ3) is 4.65. The van der Waals surface area contributed by atoms with E-state index in [1.807, 2.05) is 0 Å². The van der Waals surface area contributed by atoms with Crippen LogP contribution in [0.4, 0.5) is 5.13 Å². The summed E-state index contributed by atoms with van der Waals surface area (Å²) in [5.74, 6) is 0.0561. The van der Waals surface area contributed by atoms with Gasteiger partial charge in [-0.25, -0.2) is 4.98 Å². The fourth-order valence-electron chi connectivity index (χ4n) is 1.69. The number of hydrogen-bond acceptors (Lipinski definition) is 10. The summed E-state index contributed by atoms with van der Waals surface area (Å²) in [5.41, 5.74) is 0.271. The SMILES string of the molecule is CCOC(=O)CSc1nnc(NC(=O)c2csc(-c3ccco3)n2)s1. The van der Waals surface area contributed by atoms with Gasteiger partial charge in [0.1, 0.15) is 5.69 Å². The molecule has 25 heavy (non-hydrogen) atoms. The van der Waals surface area contributed by atoms with Gasteiger partial charge in [-0.3, -0.25) is 14.9 Å². The third-order valence-electron chi connectivity index (χ3n) is 2.71. The van der Waals surface area contributed by atoms with Crippen LogP contribution in [-0.4, -0.2) is 39.4 Å². The molecule has 0 fully saturated rings. The molecule has 3 rings (SSSR count). The van der Waals surface area contributed by atoms with Crippen molar-refractivity contribution in [3.05, 3.63) is 29.5 Å². The van der Waals surface area contributed by atoms with E-state index in [1.165, 1.54) is 34.4 Å². The van der Waals surface area contributed by atoms with E-state index in [-0.39, 0.29) is 23.3 Å². The van der Waals surface area contributed by atoms with Crippen molar-refractivity contribution in [1.82, 2.24) is 15.2 Å². The molecule has 0 aliphatic heterocycles. The van der Waals surface area contributed by atoms with Crippen LogP contribution in [0.1, 0.15) is 17.4 Å². The van der Waals surface area contributed by atoms with Gasteiger partial charge < -0.3 is 9.15 Å². The summed E-state index contributed by atoms with van der Waals surface area (Å²) < 4.78 is 10.7. The lowest BCUT2D eigenvalue weighted by Crippen LogP contribution is -2.12. The molecule has 1 amide bonds. The lowest BCUT2D eigenvalue weighted by molar-refractivity contribution is -0.139. The number of thiazole rings is 1. The molecule has 1 N–H and O–H groups in total. The first-order valence-electron chi connectivity index (χ1n) is 7.08. The van der Waals surface area contributed by atoms with Gasteiger partial charge in [0.05, 0.1) is 18.6 Å². The number of hydrogen-bond donors (Lipinski definition) is 1. The normalized spacial score (nSPS) is 10.6. The van der Waals surface area contributed by atoms with Gasteiger partial charge in [0, 0.05) is 5.38 Å². The smallest absolute Gasteiger partial charge is 0.316 e. The van der Waals surface area contributed by atoms with Crippen LogP contribution in [0, 0.1) is 0 Å². The number of esters is 1. The first kappa shape index (κ1) is 17.6. The molecule has 0 unspecified atom stereocenters. The molecule has 0 radical (unpaired) electrons. The number of carbonyl (C=O) groups excluding carboxylic acids is 2. The second-order valence-corrected chi connectivity index (χ2v) is 7.49. The number of aromatic nitrogens is 3. The molecule has 8 nitrogen and oxygen atoms in total. The molecule has 0 aromatic carbocycles. The topological polar surface area (TPSA) is 107 Å². The lowest BCUT2D eigenvalue weighted by Gasteiger charge is -1.98. The van der Waals surface area contributed by atoms with Crippen molar-refractivity contribution >= 4 is 51.4 Å². The van der Waals surface area contributed by atoms with Gasteiger partial charge >= 0.3 is 5.97 Å². The molecule has 0 aliphatic carbocycles. The highest BCUT2D eigenvalue weighted by atomic mass is 32.2. The van der Waals surface area contributed by atoms with Gasteiger partial charge in [-0.2, -0.15) is 0 Å². The number of anilines is 1. The van der Waals surface area contributed by atoms with Crippen LogP contribution in [0.15, 0.2) is 32.5 Å². The quantitative estimate of drug-likeness (QED) is 0.369. The molecule has 3 aromatic heterocycles. The fraction of sp³-hybridized carbons (Fsp3) is 0.214. The molecule has 0 atom stereocenters. The molecular formula is C14H12N4O4S3. The van der Waals surface area contributed by atoms with Crippen molar-refractivity contribution in [1.29, 1.82) is 0 Å². The Labute approximate surface area is 154 Å². The van der Waals surface area contributed by atoms with Crippen LogP contribution in [0.5, 0.6) is 0 Å². The van der Waals surface area contributed by atoms with E-state index in [9.17, 15) is 9.59 Å². The summed E-state index contributed by atoms with van der Waals surface area (Å²) in [7, 11) is 0. The highest BCUT2D eigenvalue weighted by Crippen LogP contribution is 2.27. The number of nitrogens with zero attached hydrogens (tertiary/aromatic N) is 3. The van der Waals surface area contributed by atoms with Gasteiger partial charge in [0.25, 0.3) is 5.91 Å². The first-order chi connectivity index (χ1) is 12.2. The minimum atomic E-state index is -0.382. The zero-order valence-corrected chi connectivity index (χ0v) is 15.4. The summed E-state index contributed by atoms with van der Waals surface area (Å²) in [6, 6.07) is 3.53. The Morgan fingerprint density at radius 3 is 3.04 bits per heavy atom. The zero-order chi connectivity index (χ0) is 17.6. The number of rotatable bonds is 7. The maximum absolute atomic E-state index is 12.2. The van der Waals surface area contributed by atoms with Crippen LogP contribution < -0.4 is 5.32 Å². The van der Waals surface area contributed by atoms with Crippen LogP contribution >= 0.6 is 34.4 Å². The number of nitrogens with one attached hydrogen (secondary N) is 1. The molecule has 0 saturated carbocycles. The minimum absolute atomic E-state index is 0.148. The summed E-state index contributed by atoms with van der Waals surface area (Å²) in [6.45, 7) is 2.08. The third-order valence-corrected chi connectivity index (χ3v) is 5.52. The monoisotopic (exact) mass is 396 g/mol. The molecule has 3 aromatic rings. The van der Waals surface area contributed by atoms with E-state index < -0.39 is 0 Å². The van der Waals surface area contributed by atoms with Gasteiger partial charge in [-0.15, -0.1) is 21.5 Å². The Bertz CT molecular complexity index is 859. The van der Waals surface area contributed by atoms with Crippen molar-refractivity contribution in [2.24, 2.45) is 0 Å². The molecule has 11 heteroatoms. The maximum Gasteiger partial charge on any atom is 0.316 e. The highest BCUT2D eigenvalue weighted by Gasteiger charge is 2.16. The predicted octanol–water partition coefficient (Wildman–Crippen LogP) is 3.16. The molecule has 0 bridgehead atoms. The summed E-state index contributed by atoms with van der Waals surface area (Å²) in [6.07, 6.45) is 1.55. The largest absolute Gasteiger partial charge is 0.465 e. The molecular weight excluding hydrogens is 384 g/mol. The van der Waals surface area contributed by atoms with E-state index >= 15 is 0 Å². The minimum Gasteiger partial charge on any atom is -0.465 e. The standard InChI is InChI=1S/C14H12N4O4S3/c1-2-21-10(19)7-24-14-18-17-13(25-14)16-11(20)8-6-23-12(15-8)9-4-3-5-22-9/h3-6H,2,7H2,1H3,(H,16,17,20). The van der Waals surface area contributed by atoms with Crippen molar-refractivity contribution in [3.63, 3.8) is 0 Å². The first-order valence-corrected chi connectivity index (χ1v) is 9.76. The number of furan rings is 1. The molecule has 0 aliphatic rings. The number of amides is 1. The molecule has 130 valence electrons. The van der Waals surface area contributed by atoms with E-state index in [0.29, 0.717) is 26.8 Å². The van der Waals surface area contributed by atoms with Gasteiger partial charge in [0.2, 0.25) is 5.13 Å². The summed E-state index contributed by atoms with van der Waals surface area (Å²) in [5, 5.41) is 13.0. The van der Waals surface area contributed by atoms with Gasteiger partial charge in [-0.1, -0.05) is 23.1 Å². The number of carbonyl (C=O) groups is 2. The number of thioether (sulfide) groups is 1. The average Bonchev–Trinajstić information content (AvgIpc) is 3.33. The Kier molecular flexibility index (Phi) is 5.79. The Balaban J connectivity index is 1.57. The van der Waals surface area contributed by atoms with Crippen molar-refractivity contribution in [3.8, 4) is 10.8 Å². The van der Waals surface area contributed by atoms with Gasteiger partial charge in [-0.05, 0) is 19.1 Å². The lowest BCUT2D eigenvalue weighted by atomic mass is 10.4. The Morgan fingerprint density at radius 1 is 1.40 bits per heavy atom. The van der Waals surface area contributed by atoms with Gasteiger partial charge in [0.15, 0.2) is 15.1 Å².